The third-order valence-electron chi connectivity index (χ3n) is 1.44. The zero-order valence-electron chi connectivity index (χ0n) is 5.49. The number of nitrogens with one attached hydrogen (secondary N) is 2. The highest BCUT2D eigenvalue weighted by molar-refractivity contribution is 6.02. The van der Waals surface area contributed by atoms with E-state index >= 15 is 0 Å². The normalized spacial score (nSPS) is 24.8. The van der Waals surface area contributed by atoms with Gasteiger partial charge >= 0.3 is 0 Å². The van der Waals surface area contributed by atoms with E-state index in [4.69, 9.17) is 11.1 Å². The van der Waals surface area contributed by atoms with Crippen molar-refractivity contribution < 1.29 is 0 Å². The summed E-state index contributed by atoms with van der Waals surface area (Å²) in [7, 11) is 0. The lowest BCUT2D eigenvalue weighted by atomic mass is 10.2. The van der Waals surface area contributed by atoms with Crippen molar-refractivity contribution in [1.82, 2.24) is 5.32 Å². The van der Waals surface area contributed by atoms with Crippen molar-refractivity contribution in [2.45, 2.75) is 6.92 Å². The van der Waals surface area contributed by atoms with Crippen molar-refractivity contribution in [3.05, 3.63) is 11.3 Å². The Kier molecular flexibility index (Phi) is 1.53. The van der Waals surface area contributed by atoms with Crippen LogP contribution in [0.1, 0.15) is 6.92 Å². The van der Waals surface area contributed by atoms with Gasteiger partial charge in [-0.15, -0.1) is 0 Å². The molecule has 0 atom stereocenters. The van der Waals surface area contributed by atoms with Gasteiger partial charge in [-0.1, -0.05) is 0 Å². The summed E-state index contributed by atoms with van der Waals surface area (Å²) >= 11 is 0. The third kappa shape index (κ3) is 1.10. The van der Waals surface area contributed by atoms with Crippen LogP contribution >= 0.6 is 0 Å². The molecule has 0 bridgehead atoms. The lowest BCUT2D eigenvalue weighted by Crippen LogP contribution is -2.07. The van der Waals surface area contributed by atoms with E-state index in [1.54, 1.807) is 0 Å². The topological polar surface area (TPSA) is 61.9 Å². The van der Waals surface area contributed by atoms with Gasteiger partial charge in [-0.2, -0.15) is 0 Å². The van der Waals surface area contributed by atoms with Gasteiger partial charge in [-0.05, 0) is 6.92 Å². The predicted octanol–water partition coefficient (Wildman–Crippen LogP) is -0.158. The van der Waals surface area contributed by atoms with Crippen molar-refractivity contribution in [3.8, 4) is 0 Å². The predicted molar refractivity (Wildman–Crippen MR) is 37.5 cm³/mol. The maximum atomic E-state index is 7.34. The monoisotopic (exact) mass is 125 g/mol. The number of allylic oxidation sites excluding steroid dienone is 1. The zero-order valence-corrected chi connectivity index (χ0v) is 5.49. The Hall–Kier alpha value is -0.830. The van der Waals surface area contributed by atoms with Gasteiger partial charge in [0.15, 0.2) is 0 Å². The number of hydrogen-bond donors (Lipinski definition) is 3. The van der Waals surface area contributed by atoms with E-state index < -0.39 is 0 Å². The van der Waals surface area contributed by atoms with Crippen LogP contribution < -0.4 is 11.1 Å². The third-order valence-corrected chi connectivity index (χ3v) is 1.44. The molecule has 1 rings (SSSR count). The molecule has 0 aliphatic carbocycles. The minimum Gasteiger partial charge on any atom is -0.402 e. The number of hydrogen-bond acceptors (Lipinski definition) is 3. The fraction of sp³-hybridized carbons (Fsp3) is 0.500. The Morgan fingerprint density at radius 1 is 1.67 bits per heavy atom. The molecule has 3 heteroatoms. The van der Waals surface area contributed by atoms with Crippen molar-refractivity contribution in [1.29, 1.82) is 5.41 Å². The van der Waals surface area contributed by atoms with Gasteiger partial charge in [-0.25, -0.2) is 0 Å². The molecule has 0 saturated carbocycles. The van der Waals surface area contributed by atoms with Crippen molar-refractivity contribution >= 4 is 5.71 Å². The molecule has 50 valence electrons. The van der Waals surface area contributed by atoms with Gasteiger partial charge in [0.2, 0.25) is 0 Å². The zero-order chi connectivity index (χ0) is 6.85. The molecule has 0 spiro atoms. The number of nitrogens with two attached hydrogens (primary N) is 1. The van der Waals surface area contributed by atoms with Gasteiger partial charge in [0.25, 0.3) is 0 Å². The second kappa shape index (κ2) is 2.19. The van der Waals surface area contributed by atoms with E-state index in [1.807, 2.05) is 6.92 Å². The minimum absolute atomic E-state index is 0.634. The maximum absolute atomic E-state index is 7.34. The van der Waals surface area contributed by atoms with Gasteiger partial charge in [0, 0.05) is 24.4 Å². The first-order valence-corrected chi connectivity index (χ1v) is 2.95. The summed E-state index contributed by atoms with van der Waals surface area (Å²) in [4.78, 5) is 0. The van der Waals surface area contributed by atoms with Gasteiger partial charge < -0.3 is 16.5 Å². The summed E-state index contributed by atoms with van der Waals surface area (Å²) in [5.74, 6) is 0. The summed E-state index contributed by atoms with van der Waals surface area (Å²) in [6.45, 7) is 3.27. The van der Waals surface area contributed by atoms with E-state index in [-0.39, 0.29) is 0 Å². The molecule has 1 heterocycles. The molecule has 1 fully saturated rings. The first kappa shape index (κ1) is 6.29. The Balaban J connectivity index is 2.83. The van der Waals surface area contributed by atoms with Crippen LogP contribution in [-0.4, -0.2) is 18.8 Å². The van der Waals surface area contributed by atoms with Crippen LogP contribution in [0.25, 0.3) is 0 Å². The van der Waals surface area contributed by atoms with E-state index in [0.717, 1.165) is 17.8 Å². The van der Waals surface area contributed by atoms with Crippen LogP contribution in [0.2, 0.25) is 0 Å². The lowest BCUT2D eigenvalue weighted by Gasteiger charge is -1.96. The van der Waals surface area contributed by atoms with Crippen LogP contribution in [0.5, 0.6) is 0 Å². The smallest absolute Gasteiger partial charge is 0.0514 e. The van der Waals surface area contributed by atoms with Crippen LogP contribution in [0.3, 0.4) is 0 Å². The standard InChI is InChI=1S/C6H11N3/c1-4(7)5-2-9-3-6(5)8/h8-9H,2-3,7H2,1H3/b5-4-,8-6?. The minimum atomic E-state index is 0.634. The Bertz CT molecular complexity index is 165. The maximum Gasteiger partial charge on any atom is 0.0514 e. The van der Waals surface area contributed by atoms with Crippen LogP contribution in [0.15, 0.2) is 11.3 Å². The molecule has 0 amide bonds. The van der Waals surface area contributed by atoms with Gasteiger partial charge in [0.1, 0.15) is 0 Å². The summed E-state index contributed by atoms with van der Waals surface area (Å²) in [5, 5.41) is 10.4. The molecule has 0 radical (unpaired) electrons. The highest BCUT2D eigenvalue weighted by atomic mass is 14.9. The lowest BCUT2D eigenvalue weighted by molar-refractivity contribution is 0.901. The van der Waals surface area contributed by atoms with Gasteiger partial charge in [-0.3, -0.25) is 0 Å². The highest BCUT2D eigenvalue weighted by Gasteiger charge is 2.13. The summed E-state index contributed by atoms with van der Waals surface area (Å²) < 4.78 is 0. The molecule has 9 heavy (non-hydrogen) atoms. The molecule has 1 aliphatic heterocycles. The molecule has 3 nitrogen and oxygen atoms in total. The summed E-state index contributed by atoms with van der Waals surface area (Å²) in [6, 6.07) is 0. The Morgan fingerprint density at radius 3 is 2.56 bits per heavy atom. The molecule has 0 aromatic rings. The summed E-state index contributed by atoms with van der Waals surface area (Å²) in [6.07, 6.45) is 0. The van der Waals surface area contributed by atoms with Crippen LogP contribution in [0.4, 0.5) is 0 Å². The van der Waals surface area contributed by atoms with E-state index in [9.17, 15) is 0 Å². The molecular formula is C6H11N3. The van der Waals surface area contributed by atoms with Crippen LogP contribution in [0, 0.1) is 5.41 Å². The Morgan fingerprint density at radius 2 is 2.33 bits per heavy atom. The fourth-order valence-corrected chi connectivity index (χ4v) is 0.903. The van der Waals surface area contributed by atoms with E-state index in [1.165, 1.54) is 0 Å². The van der Waals surface area contributed by atoms with Gasteiger partial charge in [0.05, 0.1) is 5.71 Å². The highest BCUT2D eigenvalue weighted by Crippen LogP contribution is 2.03. The average Bonchev–Trinajstić information content (AvgIpc) is 2.13. The molecule has 1 aliphatic rings. The first-order chi connectivity index (χ1) is 4.22. The second-order valence-corrected chi connectivity index (χ2v) is 2.24. The molecule has 0 aromatic carbocycles. The first-order valence-electron chi connectivity index (χ1n) is 2.95. The van der Waals surface area contributed by atoms with Crippen molar-refractivity contribution in [3.63, 3.8) is 0 Å². The van der Waals surface area contributed by atoms with E-state index in [2.05, 4.69) is 5.32 Å². The molecule has 4 N–H and O–H groups in total. The number of rotatable bonds is 0. The Labute approximate surface area is 54.4 Å². The quantitative estimate of drug-likeness (QED) is 0.421. The van der Waals surface area contributed by atoms with Crippen molar-refractivity contribution in [2.24, 2.45) is 5.73 Å². The van der Waals surface area contributed by atoms with Crippen molar-refractivity contribution in [2.75, 3.05) is 13.1 Å². The average molecular weight is 125 g/mol. The summed E-state index contributed by atoms with van der Waals surface area (Å²) in [5.41, 5.74) is 7.86. The largest absolute Gasteiger partial charge is 0.402 e. The fourth-order valence-electron chi connectivity index (χ4n) is 0.903. The molecule has 1 saturated heterocycles. The molecule has 0 aromatic heterocycles. The molecular weight excluding hydrogens is 114 g/mol. The van der Waals surface area contributed by atoms with Crippen LogP contribution in [-0.2, 0) is 0 Å². The second-order valence-electron chi connectivity index (χ2n) is 2.24. The van der Waals surface area contributed by atoms with E-state index in [0.29, 0.717) is 12.3 Å². The SMILES string of the molecule is C/C(N)=C1\CNCC1=N. The molecule has 0 unspecified atom stereocenters.